The quantitative estimate of drug-likeness (QED) is 0.562. The largest absolute Gasteiger partial charge is 0.267 e. The normalized spacial score (nSPS) is 29.4. The standard InChI is InChI=1S/C18H31N2/c1-14(2)8-16-10-17(9-15(3)4)18(11-16)12-20-7-6-19(5)13-20/h8-9,13,16-18H,6-7,10-12H2,1-5H3/q+1. The first kappa shape index (κ1) is 15.3. The highest BCUT2D eigenvalue weighted by molar-refractivity contribution is 5.50. The third-order valence-electron chi connectivity index (χ3n) is 4.47. The van der Waals surface area contributed by atoms with Crippen LogP contribution in [0.1, 0.15) is 40.5 Å². The number of allylic oxidation sites excluding steroid dienone is 4. The Bertz CT molecular complexity index is 423. The summed E-state index contributed by atoms with van der Waals surface area (Å²) in [4.78, 5) is 2.52. The highest BCUT2D eigenvalue weighted by atomic mass is 15.3. The summed E-state index contributed by atoms with van der Waals surface area (Å²) >= 11 is 0. The number of likely N-dealkylation sites (N-methyl/N-ethyl adjacent to an activating group) is 1. The van der Waals surface area contributed by atoms with Crippen LogP contribution in [0.3, 0.4) is 0 Å². The van der Waals surface area contributed by atoms with E-state index in [-0.39, 0.29) is 0 Å². The minimum atomic E-state index is 0.764. The predicted molar refractivity (Wildman–Crippen MR) is 87.3 cm³/mol. The van der Waals surface area contributed by atoms with Crippen LogP contribution >= 0.6 is 0 Å². The molecule has 0 N–H and O–H groups in total. The lowest BCUT2D eigenvalue weighted by Crippen LogP contribution is -2.28. The molecule has 2 nitrogen and oxygen atoms in total. The molecule has 1 aliphatic heterocycles. The molecule has 0 spiro atoms. The summed E-state index contributed by atoms with van der Waals surface area (Å²) in [5.74, 6) is 2.36. The van der Waals surface area contributed by atoms with Crippen molar-refractivity contribution in [3.8, 4) is 0 Å². The molecular weight excluding hydrogens is 244 g/mol. The fourth-order valence-electron chi connectivity index (χ4n) is 3.77. The molecule has 0 radical (unpaired) electrons. The Morgan fingerprint density at radius 1 is 1.15 bits per heavy atom. The summed E-state index contributed by atoms with van der Waals surface area (Å²) in [6, 6.07) is 0. The van der Waals surface area contributed by atoms with E-state index in [1.807, 2.05) is 0 Å². The van der Waals surface area contributed by atoms with Crippen molar-refractivity contribution in [1.82, 2.24) is 4.90 Å². The van der Waals surface area contributed by atoms with E-state index in [0.29, 0.717) is 0 Å². The molecule has 0 aromatic carbocycles. The Morgan fingerprint density at radius 3 is 2.40 bits per heavy atom. The van der Waals surface area contributed by atoms with Gasteiger partial charge in [-0.3, -0.25) is 9.48 Å². The van der Waals surface area contributed by atoms with Gasteiger partial charge in [-0.15, -0.1) is 0 Å². The fourth-order valence-corrected chi connectivity index (χ4v) is 3.77. The molecule has 3 unspecified atom stereocenters. The number of rotatable bonds is 4. The van der Waals surface area contributed by atoms with Crippen molar-refractivity contribution in [3.05, 3.63) is 23.3 Å². The molecule has 2 rings (SSSR count). The highest BCUT2D eigenvalue weighted by Gasteiger charge is 2.35. The van der Waals surface area contributed by atoms with E-state index in [2.05, 4.69) is 62.7 Å². The zero-order chi connectivity index (χ0) is 14.7. The van der Waals surface area contributed by atoms with Gasteiger partial charge in [0.2, 0.25) is 6.34 Å². The molecular formula is C18H31N2+. The van der Waals surface area contributed by atoms with E-state index in [1.54, 1.807) is 0 Å². The maximum absolute atomic E-state index is 2.52. The van der Waals surface area contributed by atoms with Crippen molar-refractivity contribution < 1.29 is 4.58 Å². The maximum Gasteiger partial charge on any atom is 0.234 e. The van der Waals surface area contributed by atoms with Crippen LogP contribution in [0.4, 0.5) is 0 Å². The van der Waals surface area contributed by atoms with Crippen LogP contribution in [0.5, 0.6) is 0 Å². The van der Waals surface area contributed by atoms with Gasteiger partial charge in [-0.1, -0.05) is 23.3 Å². The van der Waals surface area contributed by atoms with Gasteiger partial charge in [-0.2, -0.15) is 0 Å². The zero-order valence-electron chi connectivity index (χ0n) is 13.9. The Labute approximate surface area is 124 Å². The fraction of sp³-hybridized carbons (Fsp3) is 0.722. The average molecular weight is 275 g/mol. The van der Waals surface area contributed by atoms with Crippen LogP contribution in [0.25, 0.3) is 0 Å². The second-order valence-corrected chi connectivity index (χ2v) is 7.23. The Kier molecular flexibility index (Phi) is 5.06. The molecule has 1 heterocycles. The van der Waals surface area contributed by atoms with Crippen molar-refractivity contribution in [3.63, 3.8) is 0 Å². The van der Waals surface area contributed by atoms with E-state index in [0.717, 1.165) is 17.8 Å². The summed E-state index contributed by atoms with van der Waals surface area (Å²) in [6.07, 6.45) is 10.0. The van der Waals surface area contributed by atoms with Crippen LogP contribution in [-0.2, 0) is 0 Å². The van der Waals surface area contributed by atoms with Gasteiger partial charge in [-0.25, -0.2) is 0 Å². The first-order valence-corrected chi connectivity index (χ1v) is 8.03. The molecule has 0 aromatic rings. The lowest BCUT2D eigenvalue weighted by Gasteiger charge is -2.18. The van der Waals surface area contributed by atoms with E-state index in [1.165, 1.54) is 43.6 Å². The van der Waals surface area contributed by atoms with Crippen LogP contribution in [-0.4, -0.2) is 42.5 Å². The minimum Gasteiger partial charge on any atom is -0.267 e. The van der Waals surface area contributed by atoms with Crippen molar-refractivity contribution in [2.45, 2.75) is 40.5 Å². The second kappa shape index (κ2) is 6.60. The van der Waals surface area contributed by atoms with Crippen molar-refractivity contribution in [1.29, 1.82) is 0 Å². The van der Waals surface area contributed by atoms with Gasteiger partial charge >= 0.3 is 0 Å². The molecule has 0 aromatic heterocycles. The Hall–Kier alpha value is -1.05. The third kappa shape index (κ3) is 4.22. The molecule has 2 aliphatic rings. The topological polar surface area (TPSA) is 6.25 Å². The number of hydrogen-bond acceptors (Lipinski definition) is 1. The first-order valence-electron chi connectivity index (χ1n) is 8.03. The van der Waals surface area contributed by atoms with E-state index in [4.69, 9.17) is 0 Å². The number of hydrogen-bond donors (Lipinski definition) is 0. The van der Waals surface area contributed by atoms with E-state index < -0.39 is 0 Å². The van der Waals surface area contributed by atoms with Crippen molar-refractivity contribution in [2.24, 2.45) is 17.8 Å². The monoisotopic (exact) mass is 275 g/mol. The van der Waals surface area contributed by atoms with Gasteiger partial charge in [-0.05, 0) is 52.4 Å². The molecule has 20 heavy (non-hydrogen) atoms. The third-order valence-corrected chi connectivity index (χ3v) is 4.47. The smallest absolute Gasteiger partial charge is 0.234 e. The van der Waals surface area contributed by atoms with E-state index >= 15 is 0 Å². The SMILES string of the molecule is CC(C)=CC1CC(C=C(C)C)C(CN2C=[N+](C)CC2)C1. The summed E-state index contributed by atoms with van der Waals surface area (Å²) < 4.78 is 2.30. The molecule has 0 saturated heterocycles. The van der Waals surface area contributed by atoms with Crippen LogP contribution < -0.4 is 0 Å². The Morgan fingerprint density at radius 2 is 1.85 bits per heavy atom. The summed E-state index contributed by atoms with van der Waals surface area (Å²) in [5, 5.41) is 0. The highest BCUT2D eigenvalue weighted by Crippen LogP contribution is 2.39. The molecule has 2 heteroatoms. The summed E-state index contributed by atoms with van der Waals surface area (Å²) in [7, 11) is 2.17. The minimum absolute atomic E-state index is 0.764. The van der Waals surface area contributed by atoms with Crippen LogP contribution in [0.15, 0.2) is 23.3 Å². The molecule has 1 saturated carbocycles. The lowest BCUT2D eigenvalue weighted by atomic mass is 9.94. The van der Waals surface area contributed by atoms with Crippen molar-refractivity contribution >= 4 is 6.34 Å². The Balaban J connectivity index is 2.03. The predicted octanol–water partition coefficient (Wildman–Crippen LogP) is 3.55. The molecule has 1 aliphatic carbocycles. The molecule has 112 valence electrons. The van der Waals surface area contributed by atoms with E-state index in [9.17, 15) is 0 Å². The van der Waals surface area contributed by atoms with Gasteiger partial charge < -0.3 is 0 Å². The van der Waals surface area contributed by atoms with Crippen LogP contribution in [0.2, 0.25) is 0 Å². The van der Waals surface area contributed by atoms with Gasteiger partial charge in [0, 0.05) is 5.92 Å². The lowest BCUT2D eigenvalue weighted by molar-refractivity contribution is -0.482. The molecule has 0 bridgehead atoms. The summed E-state index contributed by atoms with van der Waals surface area (Å²) in [6.45, 7) is 12.5. The average Bonchev–Trinajstić information content (AvgIpc) is 2.85. The number of nitrogens with zero attached hydrogens (tertiary/aromatic N) is 2. The molecule has 3 atom stereocenters. The van der Waals surface area contributed by atoms with Gasteiger partial charge in [0.1, 0.15) is 13.1 Å². The molecule has 1 fully saturated rings. The van der Waals surface area contributed by atoms with Crippen molar-refractivity contribution in [2.75, 3.05) is 26.7 Å². The molecule has 0 amide bonds. The van der Waals surface area contributed by atoms with Gasteiger partial charge in [0.25, 0.3) is 0 Å². The first-order chi connectivity index (χ1) is 9.44. The maximum atomic E-state index is 2.52. The second-order valence-electron chi connectivity index (χ2n) is 7.23. The van der Waals surface area contributed by atoms with Crippen LogP contribution in [0, 0.1) is 17.8 Å². The summed E-state index contributed by atoms with van der Waals surface area (Å²) in [5.41, 5.74) is 2.94. The van der Waals surface area contributed by atoms with Gasteiger partial charge in [0.05, 0.1) is 13.6 Å². The van der Waals surface area contributed by atoms with Gasteiger partial charge in [0.15, 0.2) is 0 Å². The zero-order valence-corrected chi connectivity index (χ0v) is 13.9.